The number of rotatable bonds is 5. The van der Waals surface area contributed by atoms with Gasteiger partial charge in [0.2, 0.25) is 5.91 Å². The fourth-order valence-corrected chi connectivity index (χ4v) is 2.45. The number of carbonyl (C=O) groups is 3. The summed E-state index contributed by atoms with van der Waals surface area (Å²) < 4.78 is 10.7. The second-order valence-corrected chi connectivity index (χ2v) is 5.49. The minimum Gasteiger partial charge on any atom is -0.493 e. The summed E-state index contributed by atoms with van der Waals surface area (Å²) in [6, 6.07) is 11.2. The molecule has 0 radical (unpaired) electrons. The van der Waals surface area contributed by atoms with Crippen molar-refractivity contribution in [1.82, 2.24) is 5.32 Å². The van der Waals surface area contributed by atoms with Gasteiger partial charge in [-0.25, -0.2) is 4.79 Å². The van der Waals surface area contributed by atoms with Crippen LogP contribution in [0.15, 0.2) is 42.5 Å². The van der Waals surface area contributed by atoms with Crippen LogP contribution in [0.5, 0.6) is 11.5 Å². The molecule has 2 aromatic carbocycles. The van der Waals surface area contributed by atoms with Crippen LogP contribution in [-0.2, 0) is 11.2 Å². The van der Waals surface area contributed by atoms with E-state index in [2.05, 4.69) is 5.32 Å². The van der Waals surface area contributed by atoms with Gasteiger partial charge in [-0.3, -0.25) is 9.59 Å². The van der Waals surface area contributed by atoms with Gasteiger partial charge >= 0.3 is 5.97 Å². The lowest BCUT2D eigenvalue weighted by atomic mass is 10.1. The Kier molecular flexibility index (Phi) is 4.65. The van der Waals surface area contributed by atoms with E-state index in [4.69, 9.17) is 15.2 Å². The van der Waals surface area contributed by atoms with Crippen molar-refractivity contribution in [3.63, 3.8) is 0 Å². The molecule has 25 heavy (non-hydrogen) atoms. The Hall–Kier alpha value is -3.35. The zero-order valence-corrected chi connectivity index (χ0v) is 13.3. The second-order valence-electron chi connectivity index (χ2n) is 5.49. The molecule has 0 aliphatic carbocycles. The fraction of sp³-hybridized carbons (Fsp3) is 0.167. The molecule has 0 saturated heterocycles. The SMILES string of the molecule is NC(=O)CNC(=O)c1cccc(OC(=O)c2ccc3c(c2)CCO3)c1. The summed E-state index contributed by atoms with van der Waals surface area (Å²) in [6.07, 6.45) is 0.756. The molecule has 3 rings (SSSR count). The van der Waals surface area contributed by atoms with E-state index in [1.54, 1.807) is 36.4 Å². The van der Waals surface area contributed by atoms with Crippen LogP contribution >= 0.6 is 0 Å². The summed E-state index contributed by atoms with van der Waals surface area (Å²) in [4.78, 5) is 34.9. The first-order valence-corrected chi connectivity index (χ1v) is 7.67. The van der Waals surface area contributed by atoms with E-state index in [9.17, 15) is 14.4 Å². The molecule has 0 spiro atoms. The van der Waals surface area contributed by atoms with Crippen molar-refractivity contribution in [2.24, 2.45) is 5.73 Å². The maximum atomic E-state index is 12.3. The molecule has 3 N–H and O–H groups in total. The molecule has 7 nitrogen and oxygen atoms in total. The Morgan fingerprint density at radius 3 is 2.76 bits per heavy atom. The fourth-order valence-electron chi connectivity index (χ4n) is 2.45. The first-order chi connectivity index (χ1) is 12.0. The average Bonchev–Trinajstić information content (AvgIpc) is 3.07. The molecular weight excluding hydrogens is 324 g/mol. The van der Waals surface area contributed by atoms with Gasteiger partial charge in [-0.1, -0.05) is 6.07 Å². The van der Waals surface area contributed by atoms with Crippen LogP contribution in [0.3, 0.4) is 0 Å². The van der Waals surface area contributed by atoms with E-state index in [1.165, 1.54) is 6.07 Å². The lowest BCUT2D eigenvalue weighted by Gasteiger charge is -2.08. The Morgan fingerprint density at radius 1 is 1.12 bits per heavy atom. The lowest BCUT2D eigenvalue weighted by molar-refractivity contribution is -0.117. The molecular formula is C18H16N2O5. The maximum absolute atomic E-state index is 12.3. The van der Waals surface area contributed by atoms with Gasteiger partial charge in [0.05, 0.1) is 18.7 Å². The third kappa shape index (κ3) is 3.95. The Morgan fingerprint density at radius 2 is 1.96 bits per heavy atom. The number of esters is 1. The Labute approximate surface area is 143 Å². The van der Waals surface area contributed by atoms with Crippen molar-refractivity contribution in [2.45, 2.75) is 6.42 Å². The van der Waals surface area contributed by atoms with Crippen molar-refractivity contribution in [3.05, 3.63) is 59.2 Å². The van der Waals surface area contributed by atoms with E-state index in [-0.39, 0.29) is 17.9 Å². The topological polar surface area (TPSA) is 108 Å². The number of carbonyl (C=O) groups excluding carboxylic acids is 3. The quantitative estimate of drug-likeness (QED) is 0.625. The third-order valence-corrected chi connectivity index (χ3v) is 3.66. The van der Waals surface area contributed by atoms with Crippen LogP contribution in [0.2, 0.25) is 0 Å². The number of benzene rings is 2. The van der Waals surface area contributed by atoms with Crippen molar-refractivity contribution in [2.75, 3.05) is 13.2 Å². The summed E-state index contributed by atoms with van der Waals surface area (Å²) >= 11 is 0. The predicted molar refractivity (Wildman–Crippen MR) is 88.6 cm³/mol. The van der Waals surface area contributed by atoms with Gasteiger partial charge in [-0.15, -0.1) is 0 Å². The zero-order chi connectivity index (χ0) is 17.8. The van der Waals surface area contributed by atoms with Crippen LogP contribution in [0.25, 0.3) is 0 Å². The molecule has 1 aliphatic rings. The highest BCUT2D eigenvalue weighted by Gasteiger charge is 2.17. The van der Waals surface area contributed by atoms with Gasteiger partial charge in [-0.2, -0.15) is 0 Å². The van der Waals surface area contributed by atoms with Gasteiger partial charge in [0.25, 0.3) is 5.91 Å². The number of nitrogens with one attached hydrogen (secondary N) is 1. The zero-order valence-electron chi connectivity index (χ0n) is 13.3. The molecule has 0 atom stereocenters. The molecule has 1 aliphatic heterocycles. The molecule has 0 bridgehead atoms. The van der Waals surface area contributed by atoms with Crippen LogP contribution in [0.1, 0.15) is 26.3 Å². The standard InChI is InChI=1S/C18H16N2O5/c19-16(21)10-20-17(22)12-2-1-3-14(9-12)25-18(23)13-4-5-15-11(8-13)6-7-24-15/h1-5,8-9H,6-7,10H2,(H2,19,21)(H,20,22). The summed E-state index contributed by atoms with van der Waals surface area (Å²) in [5.74, 6) is -0.634. The van der Waals surface area contributed by atoms with E-state index < -0.39 is 17.8 Å². The monoisotopic (exact) mass is 340 g/mol. The maximum Gasteiger partial charge on any atom is 0.343 e. The van der Waals surface area contributed by atoms with Crippen molar-refractivity contribution < 1.29 is 23.9 Å². The van der Waals surface area contributed by atoms with E-state index >= 15 is 0 Å². The first kappa shape index (κ1) is 16.5. The highest BCUT2D eigenvalue weighted by molar-refractivity contribution is 5.97. The normalized spacial score (nSPS) is 12.0. The minimum absolute atomic E-state index is 0.230. The number of hydrogen-bond acceptors (Lipinski definition) is 5. The largest absolute Gasteiger partial charge is 0.493 e. The Bertz CT molecular complexity index is 847. The Balaban J connectivity index is 1.70. The van der Waals surface area contributed by atoms with Crippen molar-refractivity contribution >= 4 is 17.8 Å². The molecule has 128 valence electrons. The molecule has 2 amide bonds. The van der Waals surface area contributed by atoms with Crippen molar-refractivity contribution in [3.8, 4) is 11.5 Å². The third-order valence-electron chi connectivity index (χ3n) is 3.66. The van der Waals surface area contributed by atoms with Crippen LogP contribution in [0.4, 0.5) is 0 Å². The molecule has 0 aromatic heterocycles. The average molecular weight is 340 g/mol. The number of primary amides is 1. The lowest BCUT2D eigenvalue weighted by Crippen LogP contribution is -2.33. The molecule has 0 saturated carbocycles. The van der Waals surface area contributed by atoms with Crippen LogP contribution in [0, 0.1) is 0 Å². The van der Waals surface area contributed by atoms with Crippen molar-refractivity contribution in [1.29, 1.82) is 0 Å². The van der Waals surface area contributed by atoms with E-state index in [1.807, 2.05) is 0 Å². The van der Waals surface area contributed by atoms with Gasteiger partial charge in [-0.05, 0) is 42.0 Å². The van der Waals surface area contributed by atoms with Gasteiger partial charge in [0.15, 0.2) is 0 Å². The molecule has 7 heteroatoms. The molecule has 0 fully saturated rings. The molecule has 2 aromatic rings. The summed E-state index contributed by atoms with van der Waals surface area (Å²) in [5.41, 5.74) is 6.62. The van der Waals surface area contributed by atoms with E-state index in [0.29, 0.717) is 12.2 Å². The minimum atomic E-state index is -0.642. The highest BCUT2D eigenvalue weighted by Crippen LogP contribution is 2.26. The predicted octanol–water partition coefficient (Wildman–Crippen LogP) is 1.06. The summed E-state index contributed by atoms with van der Waals surface area (Å²) in [5, 5.41) is 2.37. The number of fused-ring (bicyclic) bond motifs is 1. The second kappa shape index (κ2) is 7.04. The van der Waals surface area contributed by atoms with Crippen LogP contribution < -0.4 is 20.5 Å². The molecule has 1 heterocycles. The highest BCUT2D eigenvalue weighted by atomic mass is 16.5. The first-order valence-electron chi connectivity index (χ1n) is 7.67. The number of hydrogen-bond donors (Lipinski definition) is 2. The summed E-state index contributed by atoms with van der Waals surface area (Å²) in [6.45, 7) is 0.344. The van der Waals surface area contributed by atoms with E-state index in [0.717, 1.165) is 17.7 Å². The van der Waals surface area contributed by atoms with Gasteiger partial charge in [0.1, 0.15) is 11.5 Å². The van der Waals surface area contributed by atoms with Gasteiger partial charge < -0.3 is 20.5 Å². The van der Waals surface area contributed by atoms with Gasteiger partial charge in [0, 0.05) is 12.0 Å². The molecule has 0 unspecified atom stereocenters. The number of amides is 2. The number of ether oxygens (including phenoxy) is 2. The number of nitrogens with two attached hydrogens (primary N) is 1. The van der Waals surface area contributed by atoms with Crippen LogP contribution in [-0.4, -0.2) is 30.9 Å². The smallest absolute Gasteiger partial charge is 0.343 e. The summed E-state index contributed by atoms with van der Waals surface area (Å²) in [7, 11) is 0.